The van der Waals surface area contributed by atoms with Crippen molar-refractivity contribution in [1.29, 1.82) is 0 Å². The molecule has 0 spiro atoms. The van der Waals surface area contributed by atoms with Crippen LogP contribution >= 0.6 is 27.3 Å². The van der Waals surface area contributed by atoms with Gasteiger partial charge in [-0.2, -0.15) is 0 Å². The molecular weight excluding hydrogens is 274 g/mol. The predicted molar refractivity (Wildman–Crippen MR) is 69.2 cm³/mol. The van der Waals surface area contributed by atoms with E-state index in [2.05, 4.69) is 32.7 Å². The highest BCUT2D eigenvalue weighted by Gasteiger charge is 2.34. The third-order valence-electron chi connectivity index (χ3n) is 2.86. The Labute approximate surface area is 104 Å². The molecule has 0 atom stereocenters. The number of nitrogens with one attached hydrogen (secondary N) is 1. The Bertz CT molecular complexity index is 328. The zero-order valence-corrected chi connectivity index (χ0v) is 12.0. The Morgan fingerprint density at radius 3 is 2.40 bits per heavy atom. The van der Waals surface area contributed by atoms with Gasteiger partial charge in [-0.15, -0.1) is 11.3 Å². The highest BCUT2D eigenvalue weighted by molar-refractivity contribution is 9.10. The lowest BCUT2D eigenvalue weighted by Crippen LogP contribution is -2.55. The second-order valence-corrected chi connectivity index (χ2v) is 6.68. The van der Waals surface area contributed by atoms with Gasteiger partial charge in [-0.05, 0) is 49.7 Å². The summed E-state index contributed by atoms with van der Waals surface area (Å²) in [6.45, 7) is 8.45. The molecule has 2 N–H and O–H groups in total. The van der Waals surface area contributed by atoms with Crippen molar-refractivity contribution in [2.45, 2.75) is 45.4 Å². The monoisotopic (exact) mass is 291 g/mol. The van der Waals surface area contributed by atoms with E-state index in [0.717, 1.165) is 11.0 Å². The summed E-state index contributed by atoms with van der Waals surface area (Å²) in [4.78, 5) is 1.26. The first kappa shape index (κ1) is 13.2. The zero-order chi connectivity index (χ0) is 11.7. The predicted octanol–water partition coefficient (Wildman–Crippen LogP) is 3.15. The van der Waals surface area contributed by atoms with Gasteiger partial charge in [0, 0.05) is 26.8 Å². The van der Waals surface area contributed by atoms with E-state index >= 15 is 0 Å². The maximum absolute atomic E-state index is 9.96. The minimum atomic E-state index is -0.735. The minimum absolute atomic E-state index is 0.302. The molecule has 4 heteroatoms. The van der Waals surface area contributed by atoms with Crippen molar-refractivity contribution in [3.05, 3.63) is 20.8 Å². The van der Waals surface area contributed by atoms with E-state index in [1.165, 1.54) is 4.88 Å². The van der Waals surface area contributed by atoms with Crippen LogP contribution in [0.15, 0.2) is 15.9 Å². The summed E-state index contributed by atoms with van der Waals surface area (Å²) in [6.07, 6.45) is 0. The fourth-order valence-electron chi connectivity index (χ4n) is 0.971. The molecule has 0 radical (unpaired) electrons. The molecule has 0 saturated heterocycles. The molecule has 1 aromatic rings. The van der Waals surface area contributed by atoms with Crippen molar-refractivity contribution in [3.63, 3.8) is 0 Å². The van der Waals surface area contributed by atoms with E-state index < -0.39 is 5.60 Å². The fraction of sp³-hybridized carbons (Fsp3) is 0.636. The molecule has 0 amide bonds. The van der Waals surface area contributed by atoms with Crippen molar-refractivity contribution in [2.24, 2.45) is 0 Å². The maximum atomic E-state index is 9.96. The molecular formula is C11H18BrNOS. The molecule has 1 heterocycles. The fourth-order valence-corrected chi connectivity index (χ4v) is 2.36. The van der Waals surface area contributed by atoms with Gasteiger partial charge in [0.1, 0.15) is 0 Å². The summed E-state index contributed by atoms with van der Waals surface area (Å²) in [5.74, 6) is 0. The van der Waals surface area contributed by atoms with Crippen molar-refractivity contribution < 1.29 is 5.11 Å². The minimum Gasteiger partial charge on any atom is -0.389 e. The first-order valence-corrected chi connectivity index (χ1v) is 6.60. The van der Waals surface area contributed by atoms with Crippen molar-refractivity contribution >= 4 is 27.3 Å². The smallest absolute Gasteiger partial charge is 0.0767 e. The van der Waals surface area contributed by atoms with Crippen LogP contribution in [0.4, 0.5) is 0 Å². The number of rotatable bonds is 4. The number of halogens is 1. The largest absolute Gasteiger partial charge is 0.389 e. The van der Waals surface area contributed by atoms with Crippen LogP contribution in [0.3, 0.4) is 0 Å². The molecule has 0 aliphatic carbocycles. The molecule has 1 rings (SSSR count). The maximum Gasteiger partial charge on any atom is 0.0767 e. The van der Waals surface area contributed by atoms with Crippen LogP contribution in [0, 0.1) is 0 Å². The van der Waals surface area contributed by atoms with Crippen LogP contribution in [-0.4, -0.2) is 16.2 Å². The Morgan fingerprint density at radius 1 is 1.40 bits per heavy atom. The van der Waals surface area contributed by atoms with Crippen LogP contribution in [-0.2, 0) is 6.54 Å². The van der Waals surface area contributed by atoms with Crippen LogP contribution in [0.5, 0.6) is 0 Å². The number of thiophene rings is 1. The van der Waals surface area contributed by atoms with Crippen molar-refractivity contribution in [3.8, 4) is 0 Å². The van der Waals surface area contributed by atoms with Crippen LogP contribution in [0.25, 0.3) is 0 Å². The van der Waals surface area contributed by atoms with Gasteiger partial charge in [-0.25, -0.2) is 0 Å². The van der Waals surface area contributed by atoms with Crippen LogP contribution in [0.1, 0.15) is 32.6 Å². The summed E-state index contributed by atoms with van der Waals surface area (Å²) < 4.78 is 1.12. The van der Waals surface area contributed by atoms with E-state index in [9.17, 15) is 5.11 Å². The molecule has 0 aromatic carbocycles. The molecule has 0 bridgehead atoms. The zero-order valence-electron chi connectivity index (χ0n) is 9.60. The molecule has 1 aromatic heterocycles. The highest BCUT2D eigenvalue weighted by Crippen LogP contribution is 2.23. The lowest BCUT2D eigenvalue weighted by Gasteiger charge is -2.38. The first-order valence-electron chi connectivity index (χ1n) is 4.93. The van der Waals surface area contributed by atoms with Crippen molar-refractivity contribution in [2.75, 3.05) is 0 Å². The quantitative estimate of drug-likeness (QED) is 0.893. The number of hydrogen-bond acceptors (Lipinski definition) is 3. The standard InChI is InChI=1S/C11H18BrNOS/c1-10(2,11(3,4)14)13-6-9-5-8(12)7-15-9/h5,7,13-14H,6H2,1-4H3. The first-order chi connectivity index (χ1) is 6.72. The summed E-state index contributed by atoms with van der Waals surface area (Å²) in [7, 11) is 0. The SMILES string of the molecule is CC(C)(O)C(C)(C)NCc1cc(Br)cs1. The normalized spacial score (nSPS) is 13.2. The highest BCUT2D eigenvalue weighted by atomic mass is 79.9. The summed E-state index contributed by atoms with van der Waals surface area (Å²) in [6, 6.07) is 2.10. The number of hydrogen-bond donors (Lipinski definition) is 2. The van der Waals surface area contributed by atoms with Gasteiger partial charge in [0.25, 0.3) is 0 Å². The molecule has 2 nitrogen and oxygen atoms in total. The van der Waals surface area contributed by atoms with Gasteiger partial charge in [-0.3, -0.25) is 0 Å². The van der Waals surface area contributed by atoms with E-state index in [0.29, 0.717) is 0 Å². The molecule has 0 unspecified atom stereocenters. The average Bonchev–Trinajstić information content (AvgIpc) is 2.46. The van der Waals surface area contributed by atoms with Gasteiger partial charge in [0.15, 0.2) is 0 Å². The van der Waals surface area contributed by atoms with Gasteiger partial charge in [0.05, 0.1) is 5.60 Å². The van der Waals surface area contributed by atoms with Gasteiger partial charge in [0.2, 0.25) is 0 Å². The van der Waals surface area contributed by atoms with Crippen LogP contribution < -0.4 is 5.32 Å². The molecule has 0 aliphatic rings. The Kier molecular flexibility index (Phi) is 3.98. The Balaban J connectivity index is 2.57. The third-order valence-corrected chi connectivity index (χ3v) is 4.55. The lowest BCUT2D eigenvalue weighted by molar-refractivity contribution is -0.00520. The van der Waals surface area contributed by atoms with Gasteiger partial charge in [-0.1, -0.05) is 0 Å². The van der Waals surface area contributed by atoms with Gasteiger partial charge >= 0.3 is 0 Å². The van der Waals surface area contributed by atoms with Crippen LogP contribution in [0.2, 0.25) is 0 Å². The van der Waals surface area contributed by atoms with E-state index in [4.69, 9.17) is 0 Å². The molecule has 0 aliphatic heterocycles. The summed E-state index contributed by atoms with van der Waals surface area (Å²) in [5.41, 5.74) is -1.04. The summed E-state index contributed by atoms with van der Waals surface area (Å²) >= 11 is 5.14. The third kappa shape index (κ3) is 3.55. The van der Waals surface area contributed by atoms with E-state index in [1.54, 1.807) is 11.3 Å². The lowest BCUT2D eigenvalue weighted by atomic mass is 9.86. The van der Waals surface area contributed by atoms with E-state index in [-0.39, 0.29) is 5.54 Å². The second kappa shape index (κ2) is 4.53. The van der Waals surface area contributed by atoms with Crippen molar-refractivity contribution in [1.82, 2.24) is 5.32 Å². The molecule has 15 heavy (non-hydrogen) atoms. The topological polar surface area (TPSA) is 32.3 Å². The second-order valence-electron chi connectivity index (χ2n) is 4.77. The molecule has 0 saturated carbocycles. The molecule has 0 fully saturated rings. The van der Waals surface area contributed by atoms with E-state index in [1.807, 2.05) is 27.7 Å². The molecule has 86 valence electrons. The Hall–Kier alpha value is 0.1000. The average molecular weight is 292 g/mol. The summed E-state index contributed by atoms with van der Waals surface area (Å²) in [5, 5.41) is 15.4. The number of aliphatic hydroxyl groups is 1. The Morgan fingerprint density at radius 2 is 2.00 bits per heavy atom. The van der Waals surface area contributed by atoms with Gasteiger partial charge < -0.3 is 10.4 Å².